The molecule has 0 aliphatic rings. The number of ether oxygens (including phenoxy) is 1. The van der Waals surface area contributed by atoms with Crippen LogP contribution in [0.4, 0.5) is 4.39 Å². The highest BCUT2D eigenvalue weighted by Gasteiger charge is 2.19. The highest BCUT2D eigenvalue weighted by Crippen LogP contribution is 2.22. The van der Waals surface area contributed by atoms with Crippen LogP contribution in [0.25, 0.3) is 0 Å². The summed E-state index contributed by atoms with van der Waals surface area (Å²) in [5.74, 6) is -0.693. The fraction of sp³-hybridized carbons (Fsp3) is 0.182. The molecule has 96 valence electrons. The van der Waals surface area contributed by atoms with E-state index in [9.17, 15) is 12.8 Å². The van der Waals surface area contributed by atoms with Crippen LogP contribution >= 0.6 is 0 Å². The summed E-state index contributed by atoms with van der Waals surface area (Å²) in [7, 11) is -3.79. The molecule has 7 heteroatoms. The van der Waals surface area contributed by atoms with E-state index in [1.165, 1.54) is 24.5 Å². The Kier molecular flexibility index (Phi) is 3.33. The molecule has 5 nitrogen and oxygen atoms in total. The molecule has 2 rings (SSSR count). The zero-order valence-corrected chi connectivity index (χ0v) is 10.4. The third kappa shape index (κ3) is 2.21. The monoisotopic (exact) mass is 270 g/mol. The third-order valence-corrected chi connectivity index (χ3v) is 3.78. The third-order valence-electron chi connectivity index (χ3n) is 2.23. The van der Waals surface area contributed by atoms with Gasteiger partial charge in [-0.2, -0.15) is 17.6 Å². The first-order valence-electron chi connectivity index (χ1n) is 5.23. The Bertz CT molecular complexity index is 638. The van der Waals surface area contributed by atoms with Gasteiger partial charge in [0.2, 0.25) is 0 Å². The molecule has 0 atom stereocenters. The lowest BCUT2D eigenvalue weighted by Crippen LogP contribution is -2.13. The number of benzene rings is 1. The number of nitrogens with zero attached hydrogens (tertiary/aromatic N) is 2. The van der Waals surface area contributed by atoms with E-state index in [1.807, 2.05) is 0 Å². The van der Waals surface area contributed by atoms with Gasteiger partial charge in [0.1, 0.15) is 0 Å². The molecule has 1 aromatic carbocycles. The second-order valence-corrected chi connectivity index (χ2v) is 5.20. The quantitative estimate of drug-likeness (QED) is 0.847. The second-order valence-electron chi connectivity index (χ2n) is 3.41. The van der Waals surface area contributed by atoms with Crippen LogP contribution in [0.1, 0.15) is 6.92 Å². The second kappa shape index (κ2) is 4.77. The lowest BCUT2D eigenvalue weighted by molar-refractivity contribution is 0.320. The first-order valence-corrected chi connectivity index (χ1v) is 6.67. The van der Waals surface area contributed by atoms with Gasteiger partial charge in [0.15, 0.2) is 11.6 Å². The van der Waals surface area contributed by atoms with Gasteiger partial charge in [-0.25, -0.2) is 4.39 Å². The minimum atomic E-state index is -3.79. The molecule has 0 bridgehead atoms. The van der Waals surface area contributed by atoms with Gasteiger partial charge in [-0.3, -0.25) is 0 Å². The number of halogens is 1. The van der Waals surface area contributed by atoms with E-state index in [-0.39, 0.29) is 17.3 Å². The molecule has 0 aliphatic carbocycles. The summed E-state index contributed by atoms with van der Waals surface area (Å²) in [5.41, 5.74) is 0. The molecule has 0 spiro atoms. The summed E-state index contributed by atoms with van der Waals surface area (Å²) < 4.78 is 43.4. The van der Waals surface area contributed by atoms with Crippen LogP contribution in [0.15, 0.2) is 41.6 Å². The van der Waals surface area contributed by atoms with Crippen LogP contribution in [0.3, 0.4) is 0 Å². The molecular formula is C11H11FN2O3S. The lowest BCUT2D eigenvalue weighted by atomic mass is 10.3. The summed E-state index contributed by atoms with van der Waals surface area (Å²) >= 11 is 0. The van der Waals surface area contributed by atoms with Gasteiger partial charge in [-0.1, -0.05) is 0 Å². The number of aromatic nitrogens is 2. The van der Waals surface area contributed by atoms with Crippen LogP contribution in [-0.4, -0.2) is 24.2 Å². The molecule has 0 saturated carbocycles. The van der Waals surface area contributed by atoms with Crippen molar-refractivity contribution in [2.75, 3.05) is 6.61 Å². The Morgan fingerprint density at radius 1 is 1.44 bits per heavy atom. The Labute approximate surface area is 104 Å². The summed E-state index contributed by atoms with van der Waals surface area (Å²) in [6, 6.07) is 4.87. The number of hydrogen-bond donors (Lipinski definition) is 0. The molecule has 0 fully saturated rings. The van der Waals surface area contributed by atoms with E-state index in [0.29, 0.717) is 0 Å². The average molecular weight is 270 g/mol. The van der Waals surface area contributed by atoms with E-state index in [0.717, 1.165) is 16.2 Å². The minimum absolute atomic E-state index is 0.0731. The van der Waals surface area contributed by atoms with Gasteiger partial charge >= 0.3 is 0 Å². The maximum Gasteiger partial charge on any atom is 0.283 e. The van der Waals surface area contributed by atoms with Crippen LogP contribution in [0, 0.1) is 5.82 Å². The van der Waals surface area contributed by atoms with Crippen molar-refractivity contribution in [1.82, 2.24) is 9.19 Å². The van der Waals surface area contributed by atoms with E-state index in [4.69, 9.17) is 4.74 Å². The molecule has 18 heavy (non-hydrogen) atoms. The Hall–Kier alpha value is -1.89. The van der Waals surface area contributed by atoms with Gasteiger partial charge in [-0.15, -0.1) is 0 Å². The fourth-order valence-corrected chi connectivity index (χ4v) is 2.54. The molecule has 2 aromatic rings. The van der Waals surface area contributed by atoms with Crippen molar-refractivity contribution in [2.45, 2.75) is 11.8 Å². The van der Waals surface area contributed by atoms with Gasteiger partial charge < -0.3 is 4.74 Å². The predicted octanol–water partition coefficient (Wildman–Crippen LogP) is 1.66. The lowest BCUT2D eigenvalue weighted by Gasteiger charge is -2.08. The molecular weight excluding hydrogens is 259 g/mol. The van der Waals surface area contributed by atoms with Crippen LogP contribution < -0.4 is 4.74 Å². The van der Waals surface area contributed by atoms with Crippen molar-refractivity contribution >= 4 is 10.0 Å². The largest absolute Gasteiger partial charge is 0.491 e. The van der Waals surface area contributed by atoms with Crippen LogP contribution in [-0.2, 0) is 10.0 Å². The number of rotatable bonds is 4. The smallest absolute Gasteiger partial charge is 0.283 e. The Morgan fingerprint density at radius 2 is 2.22 bits per heavy atom. The summed E-state index contributed by atoms with van der Waals surface area (Å²) in [6.45, 7) is 1.94. The van der Waals surface area contributed by atoms with Crippen molar-refractivity contribution in [1.29, 1.82) is 0 Å². The van der Waals surface area contributed by atoms with Crippen molar-refractivity contribution in [3.8, 4) is 5.75 Å². The molecule has 0 aliphatic heterocycles. The zero-order valence-electron chi connectivity index (χ0n) is 9.58. The van der Waals surface area contributed by atoms with Crippen molar-refractivity contribution in [3.05, 3.63) is 42.5 Å². The summed E-state index contributed by atoms with van der Waals surface area (Å²) in [4.78, 5) is -0.0731. The van der Waals surface area contributed by atoms with Gasteiger partial charge in [-0.05, 0) is 25.1 Å². The van der Waals surface area contributed by atoms with E-state index >= 15 is 0 Å². The molecule has 1 heterocycles. The molecule has 0 radical (unpaired) electrons. The van der Waals surface area contributed by atoms with Gasteiger partial charge in [0.05, 0.1) is 17.7 Å². The first kappa shape index (κ1) is 12.6. The molecule has 0 N–H and O–H groups in total. The predicted molar refractivity (Wildman–Crippen MR) is 62.4 cm³/mol. The zero-order chi connectivity index (χ0) is 13.2. The Morgan fingerprint density at radius 3 is 2.83 bits per heavy atom. The van der Waals surface area contributed by atoms with Crippen LogP contribution in [0.5, 0.6) is 5.75 Å². The molecule has 0 saturated heterocycles. The molecule has 1 aromatic heterocycles. The van der Waals surface area contributed by atoms with Gasteiger partial charge in [0, 0.05) is 12.3 Å². The normalized spacial score (nSPS) is 11.4. The Balaban J connectivity index is 2.49. The van der Waals surface area contributed by atoms with Crippen molar-refractivity contribution in [2.24, 2.45) is 0 Å². The highest BCUT2D eigenvalue weighted by molar-refractivity contribution is 7.89. The maximum atomic E-state index is 13.3. The number of hydrogen-bond acceptors (Lipinski definition) is 4. The standard InChI is InChI=1S/C11H11FN2O3S/c1-2-17-11-8-9(4-5-10(11)12)18(15,16)14-7-3-6-13-14/h3-8H,2H2,1H3. The molecule has 0 unspecified atom stereocenters. The highest BCUT2D eigenvalue weighted by atomic mass is 32.2. The SMILES string of the molecule is CCOc1cc(S(=O)(=O)n2cccn2)ccc1F. The van der Waals surface area contributed by atoms with E-state index in [2.05, 4.69) is 5.10 Å². The topological polar surface area (TPSA) is 61.2 Å². The van der Waals surface area contributed by atoms with Crippen LogP contribution in [0.2, 0.25) is 0 Å². The van der Waals surface area contributed by atoms with Gasteiger partial charge in [0.25, 0.3) is 10.0 Å². The molecule has 0 amide bonds. The maximum absolute atomic E-state index is 13.3. The summed E-state index contributed by atoms with van der Waals surface area (Å²) in [6.07, 6.45) is 2.66. The minimum Gasteiger partial charge on any atom is -0.491 e. The summed E-state index contributed by atoms with van der Waals surface area (Å²) in [5, 5.41) is 3.66. The average Bonchev–Trinajstić information content (AvgIpc) is 2.86. The van der Waals surface area contributed by atoms with E-state index < -0.39 is 15.8 Å². The van der Waals surface area contributed by atoms with Crippen molar-refractivity contribution in [3.63, 3.8) is 0 Å². The van der Waals surface area contributed by atoms with Crippen molar-refractivity contribution < 1.29 is 17.5 Å². The van der Waals surface area contributed by atoms with E-state index in [1.54, 1.807) is 6.92 Å². The first-order chi connectivity index (χ1) is 8.55. The fourth-order valence-electron chi connectivity index (χ4n) is 1.42.